The van der Waals surface area contributed by atoms with Gasteiger partial charge in [-0.05, 0) is 55.1 Å². The lowest BCUT2D eigenvalue weighted by Crippen LogP contribution is -2.16. The van der Waals surface area contributed by atoms with Gasteiger partial charge in [0.2, 0.25) is 5.88 Å². The molecule has 1 aromatic heterocycles. The van der Waals surface area contributed by atoms with E-state index in [1.807, 2.05) is 31.3 Å². The van der Waals surface area contributed by atoms with Gasteiger partial charge in [0.1, 0.15) is 0 Å². The number of ether oxygens (including phenoxy) is 1. The maximum atomic E-state index is 5.92. The van der Waals surface area contributed by atoms with Crippen molar-refractivity contribution in [2.75, 3.05) is 13.6 Å². The molecule has 0 aliphatic carbocycles. The quantitative estimate of drug-likeness (QED) is 0.530. The summed E-state index contributed by atoms with van der Waals surface area (Å²) in [6.07, 6.45) is 2.97. The fourth-order valence-corrected chi connectivity index (χ4v) is 2.31. The molecule has 1 aromatic rings. The summed E-state index contributed by atoms with van der Waals surface area (Å²) in [6, 6.07) is 1.96. The lowest BCUT2D eigenvalue weighted by Gasteiger charge is -2.17. The standard InChI is InChI=1S/C16H26BrN3O/c1-7-20(6)10-18-15-9-14(17)16(19-13(15)5)21-12(4)8-11(2)3/h9-12H,7-8H2,1-6H3/b18-10+. The van der Waals surface area contributed by atoms with E-state index in [9.17, 15) is 0 Å². The molecule has 0 amide bonds. The van der Waals surface area contributed by atoms with Crippen LogP contribution in [0.1, 0.15) is 39.8 Å². The van der Waals surface area contributed by atoms with Crippen molar-refractivity contribution in [3.05, 3.63) is 16.2 Å². The summed E-state index contributed by atoms with van der Waals surface area (Å²) in [5, 5.41) is 0. The molecule has 1 unspecified atom stereocenters. The Labute approximate surface area is 136 Å². The van der Waals surface area contributed by atoms with Gasteiger partial charge in [0.05, 0.1) is 28.3 Å². The van der Waals surface area contributed by atoms with Crippen LogP contribution in [0.15, 0.2) is 15.5 Å². The smallest absolute Gasteiger partial charge is 0.228 e. The van der Waals surface area contributed by atoms with E-state index >= 15 is 0 Å². The first-order chi connectivity index (χ1) is 9.83. The molecule has 0 bridgehead atoms. The van der Waals surface area contributed by atoms with Gasteiger partial charge < -0.3 is 9.64 Å². The maximum Gasteiger partial charge on any atom is 0.228 e. The largest absolute Gasteiger partial charge is 0.474 e. The van der Waals surface area contributed by atoms with Gasteiger partial charge in [-0.25, -0.2) is 9.98 Å². The second kappa shape index (κ2) is 8.37. The number of halogens is 1. The van der Waals surface area contributed by atoms with Crippen LogP contribution in [-0.4, -0.2) is 35.9 Å². The fraction of sp³-hybridized carbons (Fsp3) is 0.625. The van der Waals surface area contributed by atoms with E-state index in [0.717, 1.165) is 28.8 Å². The molecule has 0 fully saturated rings. The van der Waals surface area contributed by atoms with Gasteiger partial charge >= 0.3 is 0 Å². The minimum Gasteiger partial charge on any atom is -0.474 e. The predicted molar refractivity (Wildman–Crippen MR) is 92.7 cm³/mol. The van der Waals surface area contributed by atoms with Crippen molar-refractivity contribution < 1.29 is 4.74 Å². The zero-order chi connectivity index (χ0) is 16.0. The molecule has 4 nitrogen and oxygen atoms in total. The molecule has 118 valence electrons. The molecule has 21 heavy (non-hydrogen) atoms. The summed E-state index contributed by atoms with van der Waals surface area (Å²) >= 11 is 3.53. The van der Waals surface area contributed by atoms with Gasteiger partial charge in [-0.15, -0.1) is 0 Å². The third kappa shape index (κ3) is 6.04. The summed E-state index contributed by atoms with van der Waals surface area (Å²) in [4.78, 5) is 11.0. The third-order valence-corrected chi connectivity index (χ3v) is 3.68. The molecule has 1 atom stereocenters. The average molecular weight is 356 g/mol. The average Bonchev–Trinajstić information content (AvgIpc) is 2.39. The minimum atomic E-state index is 0.147. The SMILES string of the molecule is CCN(C)/C=N/c1cc(Br)c(OC(C)CC(C)C)nc1C. The molecule has 0 saturated carbocycles. The number of aromatic nitrogens is 1. The lowest BCUT2D eigenvalue weighted by atomic mass is 10.1. The van der Waals surface area contributed by atoms with Crippen LogP contribution < -0.4 is 4.74 Å². The number of hydrogen-bond donors (Lipinski definition) is 0. The first-order valence-electron chi connectivity index (χ1n) is 7.41. The van der Waals surface area contributed by atoms with E-state index in [1.54, 1.807) is 0 Å². The van der Waals surface area contributed by atoms with Crippen LogP contribution in [0.2, 0.25) is 0 Å². The summed E-state index contributed by atoms with van der Waals surface area (Å²) in [5.74, 6) is 1.25. The Balaban J connectivity index is 2.87. The fourth-order valence-electron chi connectivity index (χ4n) is 1.91. The predicted octanol–water partition coefficient (Wildman–Crippen LogP) is 4.58. The van der Waals surface area contributed by atoms with E-state index in [2.05, 4.69) is 53.6 Å². The van der Waals surface area contributed by atoms with E-state index in [4.69, 9.17) is 4.74 Å². The molecule has 0 saturated heterocycles. The van der Waals surface area contributed by atoms with E-state index < -0.39 is 0 Å². The molecule has 0 aliphatic heterocycles. The molecule has 5 heteroatoms. The molecule has 0 N–H and O–H groups in total. The highest BCUT2D eigenvalue weighted by Crippen LogP contribution is 2.30. The number of aryl methyl sites for hydroxylation is 1. The van der Waals surface area contributed by atoms with Gasteiger partial charge in [-0.3, -0.25) is 0 Å². The zero-order valence-electron chi connectivity index (χ0n) is 13.9. The highest BCUT2D eigenvalue weighted by atomic mass is 79.9. The van der Waals surface area contributed by atoms with E-state index in [0.29, 0.717) is 11.8 Å². The highest BCUT2D eigenvalue weighted by Gasteiger charge is 2.12. The third-order valence-electron chi connectivity index (χ3n) is 3.12. The second-order valence-electron chi connectivity index (χ2n) is 5.76. The van der Waals surface area contributed by atoms with E-state index in [-0.39, 0.29) is 6.10 Å². The monoisotopic (exact) mass is 355 g/mol. The molecular weight excluding hydrogens is 330 g/mol. The van der Waals surface area contributed by atoms with Crippen LogP contribution in [0.5, 0.6) is 5.88 Å². The Morgan fingerprint density at radius 1 is 1.43 bits per heavy atom. The Kier molecular flexibility index (Phi) is 7.15. The normalized spacial score (nSPS) is 13.0. The number of aliphatic imine (C=N–C) groups is 1. The first-order valence-corrected chi connectivity index (χ1v) is 8.21. The Hall–Kier alpha value is -1.10. The van der Waals surface area contributed by atoms with Crippen molar-refractivity contribution in [1.29, 1.82) is 0 Å². The zero-order valence-corrected chi connectivity index (χ0v) is 15.4. The Morgan fingerprint density at radius 3 is 2.67 bits per heavy atom. The van der Waals surface area contributed by atoms with Crippen molar-refractivity contribution in [1.82, 2.24) is 9.88 Å². The van der Waals surface area contributed by atoms with Gasteiger partial charge in [-0.1, -0.05) is 13.8 Å². The van der Waals surface area contributed by atoms with E-state index in [1.165, 1.54) is 0 Å². The van der Waals surface area contributed by atoms with Crippen molar-refractivity contribution in [2.24, 2.45) is 10.9 Å². The highest BCUT2D eigenvalue weighted by molar-refractivity contribution is 9.10. The van der Waals surface area contributed by atoms with Crippen LogP contribution in [0, 0.1) is 12.8 Å². The minimum absolute atomic E-state index is 0.147. The number of pyridine rings is 1. The maximum absolute atomic E-state index is 5.92. The van der Waals surface area contributed by atoms with Crippen molar-refractivity contribution in [3.63, 3.8) is 0 Å². The first kappa shape index (κ1) is 18.0. The number of nitrogens with zero attached hydrogens (tertiary/aromatic N) is 3. The summed E-state index contributed by atoms with van der Waals surface area (Å²) in [5.41, 5.74) is 1.72. The van der Waals surface area contributed by atoms with Gasteiger partial charge in [0.25, 0.3) is 0 Å². The van der Waals surface area contributed by atoms with Crippen LogP contribution in [0.3, 0.4) is 0 Å². The molecule has 0 aromatic carbocycles. The molecule has 0 radical (unpaired) electrons. The summed E-state index contributed by atoms with van der Waals surface area (Å²) in [6.45, 7) is 11.4. The second-order valence-corrected chi connectivity index (χ2v) is 6.61. The molecule has 1 rings (SSSR count). The number of rotatable bonds is 7. The van der Waals surface area contributed by atoms with Crippen LogP contribution in [0.25, 0.3) is 0 Å². The van der Waals surface area contributed by atoms with Crippen LogP contribution in [0.4, 0.5) is 5.69 Å². The number of hydrogen-bond acceptors (Lipinski definition) is 3. The van der Waals surface area contributed by atoms with Crippen LogP contribution >= 0.6 is 15.9 Å². The van der Waals surface area contributed by atoms with Crippen molar-refractivity contribution in [3.8, 4) is 5.88 Å². The van der Waals surface area contributed by atoms with Gasteiger partial charge in [0, 0.05) is 13.6 Å². The Morgan fingerprint density at radius 2 is 2.10 bits per heavy atom. The van der Waals surface area contributed by atoms with Gasteiger partial charge in [0.15, 0.2) is 0 Å². The molecule has 1 heterocycles. The Bertz CT molecular complexity index is 489. The van der Waals surface area contributed by atoms with Gasteiger partial charge in [-0.2, -0.15) is 0 Å². The lowest BCUT2D eigenvalue weighted by molar-refractivity contribution is 0.184. The summed E-state index contributed by atoms with van der Waals surface area (Å²) < 4.78 is 6.76. The molecule has 0 spiro atoms. The summed E-state index contributed by atoms with van der Waals surface area (Å²) in [7, 11) is 1.99. The van der Waals surface area contributed by atoms with Crippen molar-refractivity contribution in [2.45, 2.75) is 47.1 Å². The molecule has 0 aliphatic rings. The topological polar surface area (TPSA) is 37.7 Å². The molecular formula is C16H26BrN3O. The van der Waals surface area contributed by atoms with Crippen molar-refractivity contribution >= 4 is 28.0 Å². The van der Waals surface area contributed by atoms with Crippen LogP contribution in [-0.2, 0) is 0 Å².